The Hall–Kier alpha value is -1.88. The van der Waals surface area contributed by atoms with Crippen LogP contribution in [-0.2, 0) is 14.9 Å². The Bertz CT molecular complexity index is 750. The summed E-state index contributed by atoms with van der Waals surface area (Å²) in [6.07, 6.45) is -3.24. The monoisotopic (exact) mass is 343 g/mol. The molecule has 5 N–H and O–H groups in total. The van der Waals surface area contributed by atoms with Gasteiger partial charge in [-0.05, 0) is 19.1 Å². The molecule has 0 spiro atoms. The average molecular weight is 343 g/mol. The number of rotatable bonds is 3. The standard InChI is InChI=1S/C13H17N3O6S/c1-6-11(17)12(18)9(22-6)5-21-8-4-2-3-7-10(8)13(14)16-23(19,20)15-7/h2-4,6,9,11-12,15,17-18H,5H2,1H3,(H2,14,16)/t6?,9-,11+,12-/m1/s1. The van der Waals surface area contributed by atoms with E-state index in [4.69, 9.17) is 15.2 Å². The van der Waals surface area contributed by atoms with Crippen LogP contribution in [0.15, 0.2) is 22.6 Å². The van der Waals surface area contributed by atoms with Gasteiger partial charge in [-0.3, -0.25) is 4.72 Å². The molecule has 23 heavy (non-hydrogen) atoms. The number of fused-ring (bicyclic) bond motifs is 1. The molecule has 4 atom stereocenters. The molecule has 1 aromatic carbocycles. The number of ether oxygens (including phenoxy) is 2. The normalized spacial score (nSPS) is 31.9. The topological polar surface area (TPSA) is 143 Å². The van der Waals surface area contributed by atoms with Crippen LogP contribution in [0, 0.1) is 0 Å². The number of nitrogens with one attached hydrogen (secondary N) is 1. The fraction of sp³-hybridized carbons (Fsp3) is 0.462. The van der Waals surface area contributed by atoms with Crippen LogP contribution >= 0.6 is 0 Å². The first kappa shape index (κ1) is 16.0. The van der Waals surface area contributed by atoms with Crippen LogP contribution in [-0.4, -0.2) is 55.5 Å². The number of nitrogens with zero attached hydrogens (tertiary/aromatic N) is 1. The van der Waals surface area contributed by atoms with Gasteiger partial charge in [0.1, 0.15) is 30.7 Å². The molecule has 2 aliphatic heterocycles. The Kier molecular flexibility index (Phi) is 3.92. The van der Waals surface area contributed by atoms with Gasteiger partial charge in [0.2, 0.25) is 0 Å². The van der Waals surface area contributed by atoms with Crippen LogP contribution in [0.25, 0.3) is 0 Å². The van der Waals surface area contributed by atoms with E-state index in [1.54, 1.807) is 19.1 Å². The van der Waals surface area contributed by atoms with Gasteiger partial charge in [-0.1, -0.05) is 6.07 Å². The molecule has 2 aliphatic rings. The number of benzene rings is 1. The lowest BCUT2D eigenvalue weighted by molar-refractivity contribution is -0.0110. The van der Waals surface area contributed by atoms with Crippen molar-refractivity contribution in [3.63, 3.8) is 0 Å². The first-order valence-electron chi connectivity index (χ1n) is 6.94. The lowest BCUT2D eigenvalue weighted by Gasteiger charge is -2.21. The Morgan fingerprint density at radius 1 is 1.39 bits per heavy atom. The van der Waals surface area contributed by atoms with E-state index in [0.717, 1.165) is 0 Å². The number of hydrogen-bond acceptors (Lipinski definition) is 7. The predicted molar refractivity (Wildman–Crippen MR) is 81.6 cm³/mol. The Morgan fingerprint density at radius 3 is 2.78 bits per heavy atom. The Balaban J connectivity index is 1.81. The molecule has 1 aromatic rings. The molecule has 0 saturated carbocycles. The minimum atomic E-state index is -3.86. The zero-order chi connectivity index (χ0) is 16.8. The smallest absolute Gasteiger partial charge is 0.344 e. The molecule has 126 valence electrons. The number of nitrogens with two attached hydrogens (primary N) is 1. The minimum absolute atomic E-state index is 0.0287. The summed E-state index contributed by atoms with van der Waals surface area (Å²) < 4.78 is 39.7. The molecule has 1 unspecified atom stereocenters. The maximum atomic E-state index is 11.5. The first-order valence-corrected chi connectivity index (χ1v) is 8.38. The molecule has 1 saturated heterocycles. The molecule has 0 aliphatic carbocycles. The van der Waals surface area contributed by atoms with E-state index in [9.17, 15) is 18.6 Å². The van der Waals surface area contributed by atoms with Crippen LogP contribution in [0.4, 0.5) is 5.69 Å². The zero-order valence-electron chi connectivity index (χ0n) is 12.2. The summed E-state index contributed by atoms with van der Waals surface area (Å²) in [5.41, 5.74) is 6.29. The maximum Gasteiger partial charge on any atom is 0.344 e. The van der Waals surface area contributed by atoms with Gasteiger partial charge in [0.25, 0.3) is 0 Å². The average Bonchev–Trinajstić information content (AvgIpc) is 2.70. The molecule has 0 aromatic heterocycles. The molecule has 0 amide bonds. The van der Waals surface area contributed by atoms with Crippen molar-refractivity contribution in [3.8, 4) is 5.75 Å². The molecular weight excluding hydrogens is 326 g/mol. The zero-order valence-corrected chi connectivity index (χ0v) is 13.0. The number of aliphatic hydroxyl groups is 2. The molecule has 9 nitrogen and oxygen atoms in total. The molecule has 2 heterocycles. The second kappa shape index (κ2) is 5.64. The summed E-state index contributed by atoms with van der Waals surface area (Å²) in [6.45, 7) is 1.62. The second-order valence-corrected chi connectivity index (χ2v) is 6.74. The van der Waals surface area contributed by atoms with E-state index in [2.05, 4.69) is 9.12 Å². The fourth-order valence-corrected chi connectivity index (χ4v) is 3.43. The third-order valence-corrected chi connectivity index (χ3v) is 4.66. The predicted octanol–water partition coefficient (Wildman–Crippen LogP) is -1.05. The van der Waals surface area contributed by atoms with Crippen molar-refractivity contribution in [2.24, 2.45) is 10.1 Å². The van der Waals surface area contributed by atoms with Crippen LogP contribution < -0.4 is 15.2 Å². The van der Waals surface area contributed by atoms with E-state index < -0.39 is 34.6 Å². The molecule has 0 bridgehead atoms. The van der Waals surface area contributed by atoms with Crippen molar-refractivity contribution in [3.05, 3.63) is 23.8 Å². The molecule has 10 heteroatoms. The lowest BCUT2D eigenvalue weighted by Crippen LogP contribution is -2.35. The molecule has 0 radical (unpaired) electrons. The van der Waals surface area contributed by atoms with E-state index >= 15 is 0 Å². The van der Waals surface area contributed by atoms with Crippen molar-refractivity contribution >= 4 is 21.7 Å². The number of aliphatic hydroxyl groups excluding tert-OH is 2. The van der Waals surface area contributed by atoms with E-state index in [0.29, 0.717) is 11.3 Å². The van der Waals surface area contributed by atoms with Gasteiger partial charge in [0.05, 0.1) is 17.4 Å². The largest absolute Gasteiger partial charge is 0.490 e. The third kappa shape index (κ3) is 2.98. The van der Waals surface area contributed by atoms with Gasteiger partial charge < -0.3 is 25.4 Å². The van der Waals surface area contributed by atoms with Gasteiger partial charge in [0, 0.05) is 0 Å². The number of anilines is 1. The molecule has 3 rings (SSSR count). The van der Waals surface area contributed by atoms with E-state index in [1.165, 1.54) is 6.07 Å². The van der Waals surface area contributed by atoms with Crippen LogP contribution in [0.3, 0.4) is 0 Å². The third-order valence-electron chi connectivity index (χ3n) is 3.74. The second-order valence-electron chi connectivity index (χ2n) is 5.40. The summed E-state index contributed by atoms with van der Waals surface area (Å²) in [5.74, 6) is 0.117. The van der Waals surface area contributed by atoms with Gasteiger partial charge >= 0.3 is 10.2 Å². The maximum absolute atomic E-state index is 11.5. The van der Waals surface area contributed by atoms with E-state index in [-0.39, 0.29) is 18.1 Å². The van der Waals surface area contributed by atoms with Gasteiger partial charge in [-0.25, -0.2) is 0 Å². The van der Waals surface area contributed by atoms with Crippen molar-refractivity contribution < 1.29 is 28.1 Å². The fourth-order valence-electron chi connectivity index (χ4n) is 2.58. The van der Waals surface area contributed by atoms with E-state index in [1.807, 2.05) is 0 Å². The van der Waals surface area contributed by atoms with Crippen molar-refractivity contribution in [1.82, 2.24) is 0 Å². The highest BCUT2D eigenvalue weighted by molar-refractivity contribution is 7.91. The van der Waals surface area contributed by atoms with Crippen molar-refractivity contribution in [2.75, 3.05) is 11.3 Å². The summed E-state index contributed by atoms with van der Waals surface area (Å²) in [6, 6.07) is 4.73. The van der Waals surface area contributed by atoms with Crippen LogP contribution in [0.5, 0.6) is 5.75 Å². The van der Waals surface area contributed by atoms with Gasteiger partial charge in [-0.15, -0.1) is 4.40 Å². The van der Waals surface area contributed by atoms with Crippen molar-refractivity contribution in [2.45, 2.75) is 31.3 Å². The lowest BCUT2D eigenvalue weighted by atomic mass is 10.1. The van der Waals surface area contributed by atoms with Crippen LogP contribution in [0.2, 0.25) is 0 Å². The minimum Gasteiger partial charge on any atom is -0.490 e. The highest BCUT2D eigenvalue weighted by atomic mass is 32.2. The summed E-state index contributed by atoms with van der Waals surface area (Å²) in [5, 5.41) is 19.5. The quantitative estimate of drug-likeness (QED) is 0.548. The Morgan fingerprint density at radius 2 is 2.13 bits per heavy atom. The SMILES string of the molecule is CC1O[C@H](COc2cccc3c2C(N)=NS(=O)(=O)N3)[C@@H](O)[C@H]1O. The number of amidine groups is 1. The summed E-state index contributed by atoms with van der Waals surface area (Å²) in [7, 11) is -3.86. The summed E-state index contributed by atoms with van der Waals surface area (Å²) in [4.78, 5) is 0. The number of hydrogen-bond donors (Lipinski definition) is 4. The van der Waals surface area contributed by atoms with Crippen molar-refractivity contribution in [1.29, 1.82) is 0 Å². The van der Waals surface area contributed by atoms with Crippen LogP contribution in [0.1, 0.15) is 12.5 Å². The molecule has 1 fully saturated rings. The Labute approximate surface area is 132 Å². The van der Waals surface area contributed by atoms with Gasteiger partial charge in [0.15, 0.2) is 5.84 Å². The first-order chi connectivity index (χ1) is 10.8. The highest BCUT2D eigenvalue weighted by Gasteiger charge is 2.40. The van der Waals surface area contributed by atoms with Gasteiger partial charge in [-0.2, -0.15) is 8.42 Å². The summed E-state index contributed by atoms with van der Waals surface area (Å²) >= 11 is 0. The molecular formula is C13H17N3O6S. The highest BCUT2D eigenvalue weighted by Crippen LogP contribution is 2.31.